The van der Waals surface area contributed by atoms with E-state index in [9.17, 15) is 19.2 Å². The van der Waals surface area contributed by atoms with Crippen LogP contribution in [0, 0.1) is 12.3 Å². The quantitative estimate of drug-likeness (QED) is 0.0370. The largest absolute Gasteiger partial charge is 0.460 e. The minimum Gasteiger partial charge on any atom is -0.460 e. The van der Waals surface area contributed by atoms with E-state index in [4.69, 9.17) is 16.0 Å². The van der Waals surface area contributed by atoms with Crippen LogP contribution in [-0.4, -0.2) is 71.4 Å². The molecule has 53 heavy (non-hydrogen) atoms. The molecule has 1 saturated heterocycles. The van der Waals surface area contributed by atoms with E-state index in [0.29, 0.717) is 25.8 Å². The van der Waals surface area contributed by atoms with E-state index in [1.165, 1.54) is 17.7 Å². The fraction of sp³-hybridized carbons (Fsp3) is 0.667. The number of unbranched alkanes of at least 4 members (excludes halogenated alkanes) is 8. The van der Waals surface area contributed by atoms with Crippen LogP contribution in [0.2, 0.25) is 0 Å². The molecule has 2 heterocycles. The van der Waals surface area contributed by atoms with Crippen molar-refractivity contribution >= 4 is 35.0 Å². The Morgan fingerprint density at radius 2 is 1.64 bits per heavy atom. The number of nitrogens with one attached hydrogen (secondary N) is 2. The number of carbonyl (C=O) groups excluding carboxylic acids is 4. The van der Waals surface area contributed by atoms with Crippen molar-refractivity contribution in [1.82, 2.24) is 20.5 Å². The summed E-state index contributed by atoms with van der Waals surface area (Å²) < 4.78 is 5.77. The van der Waals surface area contributed by atoms with E-state index in [-0.39, 0.29) is 43.1 Å². The summed E-state index contributed by atoms with van der Waals surface area (Å²) in [5, 5.41) is 9.56. The lowest BCUT2D eigenvalue weighted by Gasteiger charge is -2.35. The first kappa shape index (κ1) is 43.4. The summed E-state index contributed by atoms with van der Waals surface area (Å²) in [7, 11) is 0. The number of carbonyl (C=O) groups is 4. The lowest BCUT2D eigenvalue weighted by molar-refractivity contribution is -0.149. The number of aryl methyl sites for hydroxylation is 1. The van der Waals surface area contributed by atoms with Gasteiger partial charge in [0.25, 0.3) is 0 Å². The summed E-state index contributed by atoms with van der Waals surface area (Å²) >= 11 is 1.57. The first-order valence-corrected chi connectivity index (χ1v) is 20.0. The summed E-state index contributed by atoms with van der Waals surface area (Å²) in [6.45, 7) is 10.6. The van der Waals surface area contributed by atoms with Crippen LogP contribution in [0.1, 0.15) is 128 Å². The van der Waals surface area contributed by atoms with E-state index >= 15 is 0 Å². The Hall–Kier alpha value is -4.00. The number of rotatable bonds is 22. The van der Waals surface area contributed by atoms with Crippen LogP contribution in [-0.2, 0) is 23.9 Å². The van der Waals surface area contributed by atoms with Crippen molar-refractivity contribution in [2.45, 2.75) is 142 Å². The normalized spacial score (nSPS) is 16.8. The van der Waals surface area contributed by atoms with Crippen LogP contribution < -0.4 is 16.4 Å². The summed E-state index contributed by atoms with van der Waals surface area (Å²) in [5.74, 6) is -1.38. The second-order valence-electron chi connectivity index (χ2n) is 15.1. The Bertz CT molecular complexity index is 1520. The number of esters is 1. The van der Waals surface area contributed by atoms with E-state index in [1.54, 1.807) is 11.3 Å². The van der Waals surface area contributed by atoms with Crippen LogP contribution in [0.25, 0.3) is 20.9 Å². The van der Waals surface area contributed by atoms with Crippen molar-refractivity contribution in [3.63, 3.8) is 0 Å². The van der Waals surface area contributed by atoms with Gasteiger partial charge in [0.1, 0.15) is 18.2 Å². The predicted molar refractivity (Wildman–Crippen MR) is 209 cm³/mol. The molecular formula is C39H60N8O5S. The molecule has 0 bridgehead atoms. The maximum absolute atomic E-state index is 14.3. The summed E-state index contributed by atoms with van der Waals surface area (Å²) in [4.78, 5) is 63.8. The molecule has 2 aromatic rings. The number of benzene rings is 1. The number of aromatic nitrogens is 1. The summed E-state index contributed by atoms with van der Waals surface area (Å²) in [6.07, 6.45) is 9.36. The average Bonchev–Trinajstić information content (AvgIpc) is 3.75. The van der Waals surface area contributed by atoms with E-state index < -0.39 is 29.6 Å². The molecule has 4 atom stereocenters. The third-order valence-corrected chi connectivity index (χ3v) is 10.6. The molecule has 2 unspecified atom stereocenters. The van der Waals surface area contributed by atoms with Crippen molar-refractivity contribution in [3.05, 3.63) is 51.5 Å². The molecule has 0 aliphatic carbocycles. The van der Waals surface area contributed by atoms with Gasteiger partial charge in [0.05, 0.1) is 28.7 Å². The van der Waals surface area contributed by atoms with Crippen molar-refractivity contribution in [1.29, 1.82) is 0 Å². The van der Waals surface area contributed by atoms with Crippen LogP contribution in [0.4, 0.5) is 0 Å². The molecule has 0 radical (unpaired) electrons. The van der Waals surface area contributed by atoms with Gasteiger partial charge in [-0.3, -0.25) is 19.2 Å². The van der Waals surface area contributed by atoms with Crippen LogP contribution >= 0.6 is 11.3 Å². The highest BCUT2D eigenvalue weighted by Gasteiger charge is 2.46. The van der Waals surface area contributed by atoms with Gasteiger partial charge in [0, 0.05) is 30.7 Å². The standard InChI is InChI=1S/C39H60N8O5S/c1-27(29-18-20-30(21-19-29)35-28(2)42-26-53-35)44-37(50)32-24-31(52-34(49)17-13-15-23-43-46-41)25-47(32)38(51)36(39(3,4)5)45-33(48)16-12-10-8-6-7-9-11-14-22-40/h18-21,26-27,31-32,36H,6-17,22-25,40H2,1-5H3,(H,44,50)(H,45,48)/t27?,31-,32+,36?/m1/s1. The lowest BCUT2D eigenvalue weighted by atomic mass is 9.85. The molecular weight excluding hydrogens is 693 g/mol. The highest BCUT2D eigenvalue weighted by atomic mass is 32.1. The predicted octanol–water partition coefficient (Wildman–Crippen LogP) is 7.29. The molecule has 1 aromatic carbocycles. The lowest BCUT2D eigenvalue weighted by Crippen LogP contribution is -2.57. The van der Waals surface area contributed by atoms with Gasteiger partial charge in [-0.25, -0.2) is 4.98 Å². The van der Waals surface area contributed by atoms with E-state index in [1.807, 2.05) is 64.4 Å². The number of ether oxygens (including phenoxy) is 1. The zero-order chi connectivity index (χ0) is 38.8. The molecule has 0 saturated carbocycles. The maximum atomic E-state index is 14.3. The van der Waals surface area contributed by atoms with E-state index in [2.05, 4.69) is 25.6 Å². The maximum Gasteiger partial charge on any atom is 0.306 e. The average molecular weight is 753 g/mol. The number of azide groups is 1. The topological polar surface area (TPSA) is 192 Å². The minimum atomic E-state index is -0.904. The van der Waals surface area contributed by atoms with Gasteiger partial charge < -0.3 is 26.0 Å². The molecule has 1 aliphatic rings. The number of thiazole rings is 1. The number of hydrogen-bond donors (Lipinski definition) is 3. The van der Waals surface area contributed by atoms with Gasteiger partial charge in [-0.05, 0) is 68.1 Å². The molecule has 14 heteroatoms. The Morgan fingerprint density at radius 3 is 2.25 bits per heavy atom. The number of nitrogens with two attached hydrogens (primary N) is 1. The Labute approximate surface area is 318 Å². The fourth-order valence-electron chi connectivity index (χ4n) is 6.55. The first-order valence-electron chi connectivity index (χ1n) is 19.2. The zero-order valence-electron chi connectivity index (χ0n) is 32.3. The zero-order valence-corrected chi connectivity index (χ0v) is 33.1. The Balaban J connectivity index is 1.69. The van der Waals surface area contributed by atoms with Crippen molar-refractivity contribution in [2.75, 3.05) is 19.6 Å². The molecule has 4 N–H and O–H groups in total. The van der Waals surface area contributed by atoms with Crippen LogP contribution in [0.3, 0.4) is 0 Å². The molecule has 1 aliphatic heterocycles. The number of amides is 3. The Kier molecular flexibility index (Phi) is 18.2. The van der Waals surface area contributed by atoms with Crippen molar-refractivity contribution < 1.29 is 23.9 Å². The molecule has 3 amide bonds. The van der Waals surface area contributed by atoms with Crippen molar-refractivity contribution in [3.8, 4) is 10.4 Å². The Morgan fingerprint density at radius 1 is 1.00 bits per heavy atom. The van der Waals surface area contributed by atoms with Gasteiger partial charge in [-0.1, -0.05) is 88.7 Å². The van der Waals surface area contributed by atoms with Gasteiger partial charge in [0.2, 0.25) is 17.7 Å². The third-order valence-electron chi connectivity index (χ3n) is 9.65. The first-order chi connectivity index (χ1) is 25.3. The highest BCUT2D eigenvalue weighted by Crippen LogP contribution is 2.30. The molecule has 1 aromatic heterocycles. The second-order valence-corrected chi connectivity index (χ2v) is 16.0. The number of hydrogen-bond acceptors (Lipinski definition) is 9. The molecule has 13 nitrogen and oxygen atoms in total. The fourth-order valence-corrected chi connectivity index (χ4v) is 7.36. The second kappa shape index (κ2) is 22.3. The van der Waals surface area contributed by atoms with Gasteiger partial charge >= 0.3 is 5.97 Å². The molecule has 1 fully saturated rings. The van der Waals surface area contributed by atoms with Crippen LogP contribution in [0.15, 0.2) is 34.9 Å². The highest BCUT2D eigenvalue weighted by molar-refractivity contribution is 7.13. The number of nitrogens with zero attached hydrogens (tertiary/aromatic N) is 5. The monoisotopic (exact) mass is 752 g/mol. The van der Waals surface area contributed by atoms with Crippen LogP contribution in [0.5, 0.6) is 0 Å². The SMILES string of the molecule is Cc1ncsc1-c1ccc(C(C)NC(=O)[C@@H]2C[C@@H](OC(=O)CCCCN=[N+]=[N-])CN2C(=O)C(NC(=O)CCCCCCCCCCN)C(C)(C)C)cc1. The smallest absolute Gasteiger partial charge is 0.306 e. The number of likely N-dealkylation sites (tertiary alicyclic amines) is 1. The van der Waals surface area contributed by atoms with Gasteiger partial charge in [-0.2, -0.15) is 0 Å². The summed E-state index contributed by atoms with van der Waals surface area (Å²) in [5.41, 5.74) is 18.1. The third kappa shape index (κ3) is 14.4. The van der Waals surface area contributed by atoms with E-state index in [0.717, 1.165) is 66.8 Å². The molecule has 3 rings (SSSR count). The summed E-state index contributed by atoms with van der Waals surface area (Å²) in [6, 6.07) is 5.80. The van der Waals surface area contributed by atoms with Crippen molar-refractivity contribution in [2.24, 2.45) is 16.3 Å². The van der Waals surface area contributed by atoms with Gasteiger partial charge in [0.15, 0.2) is 0 Å². The minimum absolute atomic E-state index is 0.0341. The van der Waals surface area contributed by atoms with Gasteiger partial charge in [-0.15, -0.1) is 11.3 Å². The molecule has 292 valence electrons. The molecule has 0 spiro atoms.